The smallest absolute Gasteiger partial charge is 0.238 e. The van der Waals surface area contributed by atoms with Crippen LogP contribution in [0, 0.1) is 0 Å². The average Bonchev–Trinajstić information content (AvgIpc) is 2.29. The number of carbonyl (C=O) groups excluding carboxylic acids is 1. The first-order valence-corrected chi connectivity index (χ1v) is 6.52. The van der Waals surface area contributed by atoms with E-state index in [9.17, 15) is 4.79 Å². The van der Waals surface area contributed by atoms with Crippen LogP contribution >= 0.6 is 0 Å². The van der Waals surface area contributed by atoms with Gasteiger partial charge in [0.25, 0.3) is 0 Å². The molecule has 5 heteroatoms. The second-order valence-corrected chi connectivity index (χ2v) is 4.81. The molecule has 0 bridgehead atoms. The van der Waals surface area contributed by atoms with Crippen LogP contribution in [-0.4, -0.2) is 75.1 Å². The Kier molecular flexibility index (Phi) is 6.47. The Morgan fingerprint density at radius 1 is 1.53 bits per heavy atom. The highest BCUT2D eigenvalue weighted by Crippen LogP contribution is 2.04. The van der Waals surface area contributed by atoms with E-state index in [1.807, 2.05) is 6.92 Å². The second-order valence-electron chi connectivity index (χ2n) is 4.81. The molecule has 1 amide bonds. The number of nitrogens with one attached hydrogen (secondary N) is 2. The number of amides is 1. The normalized spacial score (nSPS) is 21.8. The van der Waals surface area contributed by atoms with Crippen molar-refractivity contribution < 1.29 is 4.79 Å². The van der Waals surface area contributed by atoms with Crippen molar-refractivity contribution in [3.8, 4) is 0 Å². The van der Waals surface area contributed by atoms with Gasteiger partial charge < -0.3 is 15.5 Å². The van der Waals surface area contributed by atoms with Crippen LogP contribution in [-0.2, 0) is 4.79 Å². The summed E-state index contributed by atoms with van der Waals surface area (Å²) < 4.78 is 0. The number of likely N-dealkylation sites (N-methyl/N-ethyl adjacent to an activating group) is 1. The Hall–Kier alpha value is -0.650. The summed E-state index contributed by atoms with van der Waals surface area (Å²) in [5.74, 6) is 0.157. The Morgan fingerprint density at radius 2 is 2.29 bits per heavy atom. The molecule has 1 heterocycles. The van der Waals surface area contributed by atoms with Crippen LogP contribution in [0.3, 0.4) is 0 Å². The van der Waals surface area contributed by atoms with Crippen LogP contribution in [0.25, 0.3) is 0 Å². The van der Waals surface area contributed by atoms with Crippen LogP contribution in [0.15, 0.2) is 0 Å². The van der Waals surface area contributed by atoms with Crippen LogP contribution < -0.4 is 10.6 Å². The summed E-state index contributed by atoms with van der Waals surface area (Å²) in [5.41, 5.74) is 0. The summed E-state index contributed by atoms with van der Waals surface area (Å²) >= 11 is 0. The lowest BCUT2D eigenvalue weighted by Gasteiger charge is -2.35. The Morgan fingerprint density at radius 3 is 2.94 bits per heavy atom. The Balaban J connectivity index is 2.39. The van der Waals surface area contributed by atoms with Crippen molar-refractivity contribution in [1.29, 1.82) is 0 Å². The van der Waals surface area contributed by atoms with Gasteiger partial charge in [0.15, 0.2) is 0 Å². The van der Waals surface area contributed by atoms with Gasteiger partial charge in [0.1, 0.15) is 6.04 Å². The van der Waals surface area contributed by atoms with Gasteiger partial charge in [0, 0.05) is 32.7 Å². The van der Waals surface area contributed by atoms with Crippen molar-refractivity contribution in [1.82, 2.24) is 20.4 Å². The van der Waals surface area contributed by atoms with Gasteiger partial charge in [-0.3, -0.25) is 9.69 Å². The fraction of sp³-hybridized carbons (Fsp3) is 0.917. The monoisotopic (exact) mass is 242 g/mol. The molecule has 0 spiro atoms. The lowest BCUT2D eigenvalue weighted by atomic mass is 10.1. The van der Waals surface area contributed by atoms with E-state index in [0.29, 0.717) is 6.54 Å². The molecule has 5 nitrogen and oxygen atoms in total. The van der Waals surface area contributed by atoms with Crippen molar-refractivity contribution in [2.75, 3.05) is 53.4 Å². The van der Waals surface area contributed by atoms with Crippen molar-refractivity contribution in [3.63, 3.8) is 0 Å². The first-order chi connectivity index (χ1) is 8.15. The lowest BCUT2D eigenvalue weighted by Crippen LogP contribution is -2.58. The molecule has 0 radical (unpaired) electrons. The second kappa shape index (κ2) is 7.63. The molecule has 2 N–H and O–H groups in total. The van der Waals surface area contributed by atoms with Gasteiger partial charge in [-0.2, -0.15) is 0 Å². The Labute approximate surface area is 105 Å². The van der Waals surface area contributed by atoms with E-state index in [1.165, 1.54) is 0 Å². The van der Waals surface area contributed by atoms with Crippen LogP contribution in [0.1, 0.15) is 13.3 Å². The van der Waals surface area contributed by atoms with Crippen molar-refractivity contribution in [2.45, 2.75) is 19.4 Å². The van der Waals surface area contributed by atoms with Crippen molar-refractivity contribution in [2.24, 2.45) is 0 Å². The molecule has 1 fully saturated rings. The standard InChI is InChI=1S/C12H26N4O/c1-4-14-12(17)11-10-13-6-9-16(11)8-5-7-15(2)3/h11,13H,4-10H2,1-3H3,(H,14,17). The maximum absolute atomic E-state index is 11.9. The van der Waals surface area contributed by atoms with Gasteiger partial charge in [-0.25, -0.2) is 0 Å². The molecular formula is C12H26N4O. The summed E-state index contributed by atoms with van der Waals surface area (Å²) in [7, 11) is 4.16. The minimum atomic E-state index is 0.00543. The summed E-state index contributed by atoms with van der Waals surface area (Å²) in [6.45, 7) is 7.47. The molecule has 1 atom stereocenters. The van der Waals surface area contributed by atoms with E-state index < -0.39 is 0 Å². The predicted molar refractivity (Wildman–Crippen MR) is 70.1 cm³/mol. The summed E-state index contributed by atoms with van der Waals surface area (Å²) in [6, 6.07) is 0.00543. The van der Waals surface area contributed by atoms with Crippen molar-refractivity contribution >= 4 is 5.91 Å². The van der Waals surface area contributed by atoms with E-state index >= 15 is 0 Å². The predicted octanol–water partition coefficient (Wildman–Crippen LogP) is -0.652. The van der Waals surface area contributed by atoms with Gasteiger partial charge in [0.2, 0.25) is 5.91 Å². The van der Waals surface area contributed by atoms with E-state index in [-0.39, 0.29) is 11.9 Å². The maximum atomic E-state index is 11.9. The molecular weight excluding hydrogens is 216 g/mol. The topological polar surface area (TPSA) is 47.6 Å². The summed E-state index contributed by atoms with van der Waals surface area (Å²) in [5, 5.41) is 6.20. The quantitative estimate of drug-likeness (QED) is 0.650. The molecule has 100 valence electrons. The van der Waals surface area contributed by atoms with Gasteiger partial charge >= 0.3 is 0 Å². The SMILES string of the molecule is CCNC(=O)C1CNCCN1CCCN(C)C. The zero-order valence-electron chi connectivity index (χ0n) is 11.3. The van der Waals surface area contributed by atoms with Gasteiger partial charge in [0.05, 0.1) is 0 Å². The number of hydrogen-bond acceptors (Lipinski definition) is 4. The van der Waals surface area contributed by atoms with E-state index in [4.69, 9.17) is 0 Å². The first-order valence-electron chi connectivity index (χ1n) is 6.52. The molecule has 0 aliphatic carbocycles. The first kappa shape index (κ1) is 14.4. The highest BCUT2D eigenvalue weighted by atomic mass is 16.2. The van der Waals surface area contributed by atoms with E-state index in [2.05, 4.69) is 34.5 Å². The maximum Gasteiger partial charge on any atom is 0.238 e. The molecule has 0 aromatic carbocycles. The highest BCUT2D eigenvalue weighted by molar-refractivity contribution is 5.82. The highest BCUT2D eigenvalue weighted by Gasteiger charge is 2.27. The zero-order valence-corrected chi connectivity index (χ0v) is 11.3. The molecule has 1 saturated heterocycles. The third-order valence-electron chi connectivity index (χ3n) is 3.06. The van der Waals surface area contributed by atoms with Crippen molar-refractivity contribution in [3.05, 3.63) is 0 Å². The number of piperazine rings is 1. The third-order valence-corrected chi connectivity index (χ3v) is 3.06. The summed E-state index contributed by atoms with van der Waals surface area (Å²) in [6.07, 6.45) is 1.11. The number of nitrogens with zero attached hydrogens (tertiary/aromatic N) is 2. The largest absolute Gasteiger partial charge is 0.355 e. The van der Waals surface area contributed by atoms with Gasteiger partial charge in [-0.05, 0) is 34.0 Å². The third kappa shape index (κ3) is 5.02. The summed E-state index contributed by atoms with van der Waals surface area (Å²) in [4.78, 5) is 16.4. The molecule has 0 aromatic heterocycles. The minimum absolute atomic E-state index is 0.00543. The van der Waals surface area contributed by atoms with Crippen LogP contribution in [0.5, 0.6) is 0 Å². The number of rotatable bonds is 6. The number of hydrogen-bond donors (Lipinski definition) is 2. The average molecular weight is 242 g/mol. The van der Waals surface area contributed by atoms with E-state index in [1.54, 1.807) is 0 Å². The molecule has 1 rings (SSSR count). The molecule has 0 aromatic rings. The Bertz CT molecular complexity index is 233. The van der Waals surface area contributed by atoms with Gasteiger partial charge in [-0.1, -0.05) is 0 Å². The molecule has 0 saturated carbocycles. The minimum Gasteiger partial charge on any atom is -0.355 e. The van der Waals surface area contributed by atoms with Crippen LogP contribution in [0.4, 0.5) is 0 Å². The van der Waals surface area contributed by atoms with E-state index in [0.717, 1.165) is 39.1 Å². The zero-order chi connectivity index (χ0) is 12.7. The lowest BCUT2D eigenvalue weighted by molar-refractivity contribution is -0.127. The molecule has 1 aliphatic rings. The van der Waals surface area contributed by atoms with Crippen LogP contribution in [0.2, 0.25) is 0 Å². The van der Waals surface area contributed by atoms with Gasteiger partial charge in [-0.15, -0.1) is 0 Å². The molecule has 1 aliphatic heterocycles. The molecule has 1 unspecified atom stereocenters. The fourth-order valence-corrected chi connectivity index (χ4v) is 2.15. The fourth-order valence-electron chi connectivity index (χ4n) is 2.15. The number of carbonyl (C=O) groups is 1. The molecule has 17 heavy (non-hydrogen) atoms.